The Hall–Kier alpha value is -1.45. The fraction of sp³-hybridized carbons (Fsp3) is 0.167. The lowest BCUT2D eigenvalue weighted by molar-refractivity contribution is -0.114. The number of primary amides is 1. The van der Waals surface area contributed by atoms with Crippen LogP contribution in [0, 0.1) is 0 Å². The van der Waals surface area contributed by atoms with Crippen LogP contribution in [-0.2, 0) is 4.79 Å². The number of nitrogens with two attached hydrogens (primary N) is 1. The lowest BCUT2D eigenvalue weighted by Crippen LogP contribution is -2.12. The van der Waals surface area contributed by atoms with Crippen LogP contribution < -0.4 is 5.73 Å². The number of rotatable bonds is 3. The normalized spacial score (nSPS) is 11.9. The average Bonchev–Trinajstić information content (AvgIpc) is 1.87. The van der Waals surface area contributed by atoms with Crippen molar-refractivity contribution in [2.24, 2.45) is 15.7 Å². The molecule has 0 spiro atoms. The van der Waals surface area contributed by atoms with E-state index >= 15 is 0 Å². The Morgan fingerprint density at radius 2 is 2.30 bits per heavy atom. The van der Waals surface area contributed by atoms with Crippen molar-refractivity contribution in [3.8, 4) is 0 Å². The van der Waals surface area contributed by atoms with Crippen molar-refractivity contribution in [1.29, 1.82) is 0 Å². The molecule has 4 heteroatoms. The van der Waals surface area contributed by atoms with Gasteiger partial charge in [-0.1, -0.05) is 0 Å². The first-order valence-corrected chi connectivity index (χ1v) is 2.67. The molecule has 0 rings (SSSR count). The molecule has 0 radical (unpaired) electrons. The van der Waals surface area contributed by atoms with Crippen LogP contribution in [-0.4, -0.2) is 18.8 Å². The second-order valence-electron chi connectivity index (χ2n) is 1.45. The van der Waals surface area contributed by atoms with Gasteiger partial charge in [0, 0.05) is 6.21 Å². The van der Waals surface area contributed by atoms with Crippen LogP contribution in [0.1, 0.15) is 6.92 Å². The highest BCUT2D eigenvalue weighted by atomic mass is 16.1. The summed E-state index contributed by atoms with van der Waals surface area (Å²) in [6.07, 6.45) is 2.67. The third-order valence-corrected chi connectivity index (χ3v) is 0.734. The molecule has 0 aliphatic heterocycles. The molecule has 0 fully saturated rings. The summed E-state index contributed by atoms with van der Waals surface area (Å²) < 4.78 is 0. The van der Waals surface area contributed by atoms with Gasteiger partial charge in [-0.3, -0.25) is 14.8 Å². The lowest BCUT2D eigenvalue weighted by Gasteiger charge is -1.89. The maximum atomic E-state index is 10.4. The topological polar surface area (TPSA) is 67.8 Å². The summed E-state index contributed by atoms with van der Waals surface area (Å²) in [7, 11) is 0. The smallest absolute Gasteiger partial charge is 0.268 e. The summed E-state index contributed by atoms with van der Waals surface area (Å²) in [4.78, 5) is 17.4. The van der Waals surface area contributed by atoms with Crippen LogP contribution in [0.4, 0.5) is 0 Å². The fourth-order valence-electron chi connectivity index (χ4n) is 0.386. The SMILES string of the molecule is C=N/C=C(\N=CC)C(N)=O. The van der Waals surface area contributed by atoms with E-state index in [1.165, 1.54) is 12.4 Å². The van der Waals surface area contributed by atoms with Crippen LogP contribution in [0.5, 0.6) is 0 Å². The third kappa shape index (κ3) is 2.76. The first kappa shape index (κ1) is 8.55. The number of carbonyl (C=O) groups excluding carboxylic acids is 1. The van der Waals surface area contributed by atoms with E-state index < -0.39 is 5.91 Å². The van der Waals surface area contributed by atoms with Crippen molar-refractivity contribution < 1.29 is 4.79 Å². The Morgan fingerprint density at radius 1 is 1.70 bits per heavy atom. The van der Waals surface area contributed by atoms with Crippen LogP contribution >= 0.6 is 0 Å². The zero-order valence-corrected chi connectivity index (χ0v) is 5.74. The summed E-state index contributed by atoms with van der Waals surface area (Å²) in [6.45, 7) is 4.84. The Morgan fingerprint density at radius 3 is 2.60 bits per heavy atom. The highest BCUT2D eigenvalue weighted by Gasteiger charge is 1.98. The monoisotopic (exact) mass is 139 g/mol. The summed E-state index contributed by atoms with van der Waals surface area (Å²) in [5.41, 5.74) is 5.01. The summed E-state index contributed by atoms with van der Waals surface area (Å²) >= 11 is 0. The van der Waals surface area contributed by atoms with Gasteiger partial charge in [0.15, 0.2) is 0 Å². The van der Waals surface area contributed by atoms with Crippen molar-refractivity contribution >= 4 is 18.8 Å². The lowest BCUT2D eigenvalue weighted by atomic mass is 10.4. The minimum Gasteiger partial charge on any atom is -0.364 e. The Balaban J connectivity index is 4.41. The first-order valence-electron chi connectivity index (χ1n) is 2.67. The maximum Gasteiger partial charge on any atom is 0.268 e. The highest BCUT2D eigenvalue weighted by molar-refractivity contribution is 5.92. The third-order valence-electron chi connectivity index (χ3n) is 0.734. The van der Waals surface area contributed by atoms with Crippen molar-refractivity contribution in [2.45, 2.75) is 6.92 Å². The molecule has 2 N–H and O–H groups in total. The molecule has 0 unspecified atom stereocenters. The first-order chi connectivity index (χ1) is 4.72. The van der Waals surface area contributed by atoms with Gasteiger partial charge in [0.2, 0.25) is 0 Å². The fourth-order valence-corrected chi connectivity index (χ4v) is 0.386. The molecule has 0 bridgehead atoms. The van der Waals surface area contributed by atoms with Gasteiger partial charge in [-0.05, 0) is 13.6 Å². The highest BCUT2D eigenvalue weighted by Crippen LogP contribution is 1.93. The van der Waals surface area contributed by atoms with Gasteiger partial charge in [-0.2, -0.15) is 0 Å². The Labute approximate surface area is 59.2 Å². The number of nitrogens with zero attached hydrogens (tertiary/aromatic N) is 2. The molecule has 0 aromatic heterocycles. The standard InChI is InChI=1S/C6H9N3O/c1-3-9-5(4-8-2)6(7)10/h3-4H,2H2,1H3,(H2,7,10)/b5-4-,9-3?. The van der Waals surface area contributed by atoms with Crippen LogP contribution in [0.25, 0.3) is 0 Å². The van der Waals surface area contributed by atoms with Gasteiger partial charge in [0.1, 0.15) is 5.70 Å². The van der Waals surface area contributed by atoms with Gasteiger partial charge in [-0.15, -0.1) is 0 Å². The van der Waals surface area contributed by atoms with Gasteiger partial charge in [0.05, 0.1) is 6.20 Å². The Kier molecular flexibility index (Phi) is 3.79. The van der Waals surface area contributed by atoms with Crippen molar-refractivity contribution in [1.82, 2.24) is 0 Å². The Bertz CT molecular complexity index is 193. The zero-order chi connectivity index (χ0) is 7.98. The van der Waals surface area contributed by atoms with Gasteiger partial charge >= 0.3 is 0 Å². The molecule has 0 aromatic carbocycles. The molecule has 0 saturated carbocycles. The minimum atomic E-state index is -0.606. The van der Waals surface area contributed by atoms with Crippen molar-refractivity contribution in [3.05, 3.63) is 11.9 Å². The molecular formula is C6H9N3O. The molecule has 0 aliphatic rings. The molecule has 1 amide bonds. The molecule has 0 atom stereocenters. The number of carbonyl (C=O) groups is 1. The van der Waals surface area contributed by atoms with Crippen molar-refractivity contribution in [3.63, 3.8) is 0 Å². The van der Waals surface area contributed by atoms with E-state index in [1.807, 2.05) is 0 Å². The quantitative estimate of drug-likeness (QED) is 0.437. The van der Waals surface area contributed by atoms with E-state index in [0.29, 0.717) is 0 Å². The van der Waals surface area contributed by atoms with Gasteiger partial charge in [-0.25, -0.2) is 0 Å². The van der Waals surface area contributed by atoms with E-state index in [1.54, 1.807) is 6.92 Å². The van der Waals surface area contributed by atoms with E-state index in [2.05, 4.69) is 16.7 Å². The second kappa shape index (κ2) is 4.43. The predicted molar refractivity (Wildman–Crippen MR) is 41.0 cm³/mol. The maximum absolute atomic E-state index is 10.4. The molecule has 0 saturated heterocycles. The number of aliphatic imine (C=N–C) groups is 2. The van der Waals surface area contributed by atoms with Gasteiger partial charge < -0.3 is 5.73 Å². The summed E-state index contributed by atoms with van der Waals surface area (Å²) in [5, 5.41) is 0. The van der Waals surface area contributed by atoms with Crippen LogP contribution in [0.15, 0.2) is 21.9 Å². The molecule has 0 aromatic rings. The molecular weight excluding hydrogens is 130 g/mol. The molecule has 4 nitrogen and oxygen atoms in total. The summed E-state index contributed by atoms with van der Waals surface area (Å²) in [6, 6.07) is 0. The predicted octanol–water partition coefficient (Wildman–Crippen LogP) is 0.104. The molecule has 54 valence electrons. The molecule has 0 aliphatic carbocycles. The largest absolute Gasteiger partial charge is 0.364 e. The molecule has 10 heavy (non-hydrogen) atoms. The number of hydrogen-bond acceptors (Lipinski definition) is 3. The van der Waals surface area contributed by atoms with E-state index in [9.17, 15) is 4.79 Å². The number of amides is 1. The zero-order valence-electron chi connectivity index (χ0n) is 5.74. The average molecular weight is 139 g/mol. The second-order valence-corrected chi connectivity index (χ2v) is 1.45. The van der Waals surface area contributed by atoms with E-state index in [0.717, 1.165) is 0 Å². The molecule has 0 heterocycles. The number of hydrogen-bond donors (Lipinski definition) is 1. The van der Waals surface area contributed by atoms with Crippen LogP contribution in [0.3, 0.4) is 0 Å². The van der Waals surface area contributed by atoms with E-state index in [-0.39, 0.29) is 5.70 Å². The van der Waals surface area contributed by atoms with Gasteiger partial charge in [0.25, 0.3) is 5.91 Å². The van der Waals surface area contributed by atoms with E-state index in [4.69, 9.17) is 5.73 Å². The van der Waals surface area contributed by atoms with Crippen LogP contribution in [0.2, 0.25) is 0 Å². The summed E-state index contributed by atoms with van der Waals surface area (Å²) in [5.74, 6) is -0.606. The van der Waals surface area contributed by atoms with Crippen molar-refractivity contribution in [2.75, 3.05) is 0 Å². The minimum absolute atomic E-state index is 0.109.